The minimum Gasteiger partial charge on any atom is -0.352 e. The third-order valence-corrected chi connectivity index (χ3v) is 6.25. The molecule has 4 nitrogen and oxygen atoms in total. The Labute approximate surface area is 193 Å². The highest BCUT2D eigenvalue weighted by Crippen LogP contribution is 2.24. The number of rotatable bonds is 9. The maximum atomic E-state index is 13.1. The van der Waals surface area contributed by atoms with Crippen LogP contribution in [0.4, 0.5) is 0 Å². The predicted molar refractivity (Wildman–Crippen MR) is 127 cm³/mol. The molecule has 0 unspecified atom stereocenters. The lowest BCUT2D eigenvalue weighted by Crippen LogP contribution is -2.49. The molecule has 2 aromatic rings. The van der Waals surface area contributed by atoms with Gasteiger partial charge in [0.25, 0.3) is 0 Å². The molecule has 0 aliphatic heterocycles. The average molecular weight is 467 g/mol. The highest BCUT2D eigenvalue weighted by atomic mass is 35.5. The second kappa shape index (κ2) is 11.6. The predicted octanol–water partition coefficient (Wildman–Crippen LogP) is 5.48. The summed E-state index contributed by atoms with van der Waals surface area (Å²) in [4.78, 5) is 27.3. The zero-order chi connectivity index (χ0) is 22.3. The van der Waals surface area contributed by atoms with Crippen LogP contribution < -0.4 is 5.32 Å². The number of benzene rings is 2. The number of halogens is 2. The van der Waals surface area contributed by atoms with Crippen molar-refractivity contribution < 1.29 is 9.59 Å². The number of nitrogens with one attached hydrogen (secondary N) is 1. The van der Waals surface area contributed by atoms with Gasteiger partial charge < -0.3 is 10.2 Å². The van der Waals surface area contributed by atoms with Crippen LogP contribution in [-0.4, -0.2) is 34.6 Å². The van der Waals surface area contributed by atoms with E-state index in [1.54, 1.807) is 41.8 Å². The molecule has 2 amide bonds. The van der Waals surface area contributed by atoms with Gasteiger partial charge in [-0.2, -0.15) is 0 Å². The van der Waals surface area contributed by atoms with Crippen LogP contribution in [0.1, 0.15) is 37.5 Å². The van der Waals surface area contributed by atoms with E-state index >= 15 is 0 Å². The quantitative estimate of drug-likeness (QED) is 0.532. The Kier molecular flexibility index (Phi) is 9.53. The molecule has 30 heavy (non-hydrogen) atoms. The van der Waals surface area contributed by atoms with Crippen LogP contribution in [-0.2, 0) is 21.9 Å². The molecular formula is C23H28Cl2N2O2S. The van der Waals surface area contributed by atoms with E-state index in [4.69, 9.17) is 23.2 Å². The topological polar surface area (TPSA) is 49.4 Å². The zero-order valence-electron chi connectivity index (χ0n) is 17.7. The first-order valence-corrected chi connectivity index (χ1v) is 11.8. The van der Waals surface area contributed by atoms with E-state index in [9.17, 15) is 9.59 Å². The van der Waals surface area contributed by atoms with Crippen LogP contribution in [0.2, 0.25) is 10.0 Å². The fourth-order valence-corrected chi connectivity index (χ4v) is 4.38. The molecule has 0 radical (unpaired) electrons. The minimum absolute atomic E-state index is 0.00791. The number of hydrogen-bond donors (Lipinski definition) is 1. The molecule has 0 bridgehead atoms. The summed E-state index contributed by atoms with van der Waals surface area (Å²) in [5, 5.41) is 3.89. The molecular weight excluding hydrogens is 439 g/mol. The van der Waals surface area contributed by atoms with Gasteiger partial charge in [-0.3, -0.25) is 9.59 Å². The maximum Gasteiger partial charge on any atom is 0.242 e. The van der Waals surface area contributed by atoms with Crippen LogP contribution in [0.25, 0.3) is 0 Å². The number of thioether (sulfide) groups is 1. The van der Waals surface area contributed by atoms with Crippen LogP contribution >= 0.6 is 35.0 Å². The summed E-state index contributed by atoms with van der Waals surface area (Å²) >= 11 is 13.9. The van der Waals surface area contributed by atoms with E-state index in [0.717, 1.165) is 11.3 Å². The van der Waals surface area contributed by atoms with Gasteiger partial charge in [-0.05, 0) is 56.5 Å². The average Bonchev–Trinajstić information content (AvgIpc) is 2.67. The van der Waals surface area contributed by atoms with Gasteiger partial charge >= 0.3 is 0 Å². The number of carbonyl (C=O) groups excluding carboxylic acids is 2. The lowest BCUT2D eigenvalue weighted by Gasteiger charge is -2.29. The van der Waals surface area contributed by atoms with Crippen LogP contribution in [0.3, 0.4) is 0 Å². The van der Waals surface area contributed by atoms with Crippen molar-refractivity contribution >= 4 is 46.8 Å². The van der Waals surface area contributed by atoms with Crippen LogP contribution in [0, 0.1) is 6.92 Å². The van der Waals surface area contributed by atoms with Gasteiger partial charge in [-0.25, -0.2) is 0 Å². The van der Waals surface area contributed by atoms with Gasteiger partial charge in [0.1, 0.15) is 6.04 Å². The summed E-state index contributed by atoms with van der Waals surface area (Å²) in [5.41, 5.74) is 3.16. The van der Waals surface area contributed by atoms with E-state index in [-0.39, 0.29) is 30.2 Å². The van der Waals surface area contributed by atoms with Crippen molar-refractivity contribution in [2.24, 2.45) is 0 Å². The smallest absolute Gasteiger partial charge is 0.242 e. The second-order valence-electron chi connectivity index (χ2n) is 7.52. The molecule has 0 aliphatic carbocycles. The van der Waals surface area contributed by atoms with Crippen molar-refractivity contribution in [2.75, 3.05) is 5.75 Å². The van der Waals surface area contributed by atoms with Crippen molar-refractivity contribution in [3.05, 3.63) is 69.2 Å². The number of carbonyl (C=O) groups is 2. The molecule has 0 heterocycles. The van der Waals surface area contributed by atoms with Crippen molar-refractivity contribution in [3.63, 3.8) is 0 Å². The molecule has 1 N–H and O–H groups in total. The van der Waals surface area contributed by atoms with Gasteiger partial charge in [-0.15, -0.1) is 11.8 Å². The van der Waals surface area contributed by atoms with Crippen LogP contribution in [0.15, 0.2) is 42.5 Å². The molecule has 0 saturated heterocycles. The normalized spacial score (nSPS) is 12.0. The van der Waals surface area contributed by atoms with Crippen molar-refractivity contribution in [3.8, 4) is 0 Å². The van der Waals surface area contributed by atoms with Crippen LogP contribution in [0.5, 0.6) is 0 Å². The Balaban J connectivity index is 2.13. The monoisotopic (exact) mass is 466 g/mol. The number of aryl methyl sites for hydroxylation is 1. The van der Waals surface area contributed by atoms with E-state index in [1.165, 1.54) is 11.1 Å². The van der Waals surface area contributed by atoms with Gasteiger partial charge in [0.15, 0.2) is 0 Å². The lowest BCUT2D eigenvalue weighted by molar-refractivity contribution is -0.138. The Morgan fingerprint density at radius 3 is 2.40 bits per heavy atom. The first-order valence-electron chi connectivity index (χ1n) is 9.85. The summed E-state index contributed by atoms with van der Waals surface area (Å²) in [7, 11) is 0. The van der Waals surface area contributed by atoms with E-state index in [1.807, 2.05) is 26.0 Å². The van der Waals surface area contributed by atoms with Gasteiger partial charge in [-0.1, -0.05) is 53.5 Å². The van der Waals surface area contributed by atoms with Crippen molar-refractivity contribution in [2.45, 2.75) is 52.1 Å². The molecule has 0 aliphatic rings. The fourth-order valence-electron chi connectivity index (χ4n) is 2.92. The van der Waals surface area contributed by atoms with Gasteiger partial charge in [0, 0.05) is 28.4 Å². The molecule has 0 saturated carbocycles. The van der Waals surface area contributed by atoms with E-state index in [0.29, 0.717) is 10.0 Å². The van der Waals surface area contributed by atoms with E-state index < -0.39 is 6.04 Å². The minimum atomic E-state index is -0.620. The molecule has 2 aromatic carbocycles. The Bertz CT molecular complexity index is 889. The highest BCUT2D eigenvalue weighted by molar-refractivity contribution is 7.99. The summed E-state index contributed by atoms with van der Waals surface area (Å²) in [6.45, 7) is 7.83. The Hall–Kier alpha value is -1.69. The Morgan fingerprint density at radius 1 is 1.07 bits per heavy atom. The molecule has 0 spiro atoms. The first kappa shape index (κ1) is 24.6. The molecule has 7 heteroatoms. The number of nitrogens with zero attached hydrogens (tertiary/aromatic N) is 1. The first-order chi connectivity index (χ1) is 14.2. The SMILES string of the molecule is Cc1ccccc1CSCC(=O)N(Cc1ccc(Cl)cc1Cl)[C@H](C)C(=O)NC(C)C. The summed E-state index contributed by atoms with van der Waals surface area (Å²) in [5.74, 6) is 0.720. The van der Waals surface area contributed by atoms with E-state index in [2.05, 4.69) is 24.4 Å². The number of amides is 2. The largest absolute Gasteiger partial charge is 0.352 e. The Morgan fingerprint density at radius 2 is 1.77 bits per heavy atom. The standard InChI is InChI=1S/C23H28Cl2N2O2S/c1-15(2)26-23(29)17(4)27(12-18-9-10-20(24)11-21(18)25)22(28)14-30-13-19-8-6-5-7-16(19)3/h5-11,15,17H,12-14H2,1-4H3,(H,26,29)/t17-/m1/s1. The summed E-state index contributed by atoms with van der Waals surface area (Å²) < 4.78 is 0. The highest BCUT2D eigenvalue weighted by Gasteiger charge is 2.27. The van der Waals surface area contributed by atoms with Crippen molar-refractivity contribution in [1.29, 1.82) is 0 Å². The maximum absolute atomic E-state index is 13.1. The lowest BCUT2D eigenvalue weighted by atomic mass is 10.1. The third kappa shape index (κ3) is 7.22. The molecule has 0 fully saturated rings. The van der Waals surface area contributed by atoms with Crippen molar-refractivity contribution in [1.82, 2.24) is 10.2 Å². The molecule has 162 valence electrons. The third-order valence-electron chi connectivity index (χ3n) is 4.70. The summed E-state index contributed by atoms with van der Waals surface area (Å²) in [6.07, 6.45) is 0. The van der Waals surface area contributed by atoms with Gasteiger partial charge in [0.05, 0.1) is 5.75 Å². The van der Waals surface area contributed by atoms with Gasteiger partial charge in [0.2, 0.25) is 11.8 Å². The fraction of sp³-hybridized carbons (Fsp3) is 0.391. The number of hydrogen-bond acceptors (Lipinski definition) is 3. The zero-order valence-corrected chi connectivity index (χ0v) is 20.1. The molecule has 1 atom stereocenters. The second-order valence-corrected chi connectivity index (χ2v) is 9.35. The molecule has 2 rings (SSSR count). The molecule has 0 aromatic heterocycles. The summed E-state index contributed by atoms with van der Waals surface area (Å²) in [6, 6.07) is 12.7.